The third-order valence-electron chi connectivity index (χ3n) is 1.90. The molecule has 16 heavy (non-hydrogen) atoms. The second kappa shape index (κ2) is 7.99. The van der Waals surface area contributed by atoms with Crippen LogP contribution in [0.1, 0.15) is 20.3 Å². The highest BCUT2D eigenvalue weighted by atomic mass is 32.2. The monoisotopic (exact) mass is 244 g/mol. The standard InChI is InChI=1S/C10H16N2O3S/c1-8(2)12(5-3-10(14)15)9(13)7-16-6-4-11/h8H,3,5-7H2,1-2H3,(H,14,15). The molecule has 0 saturated heterocycles. The van der Waals surface area contributed by atoms with Crippen LogP contribution in [-0.2, 0) is 9.59 Å². The van der Waals surface area contributed by atoms with E-state index in [0.29, 0.717) is 0 Å². The van der Waals surface area contributed by atoms with Gasteiger partial charge in [0.1, 0.15) is 0 Å². The SMILES string of the molecule is CC(C)N(CCC(=O)O)C(=O)CSCC#N. The van der Waals surface area contributed by atoms with Crippen molar-refractivity contribution < 1.29 is 14.7 Å². The molecule has 1 N–H and O–H groups in total. The van der Waals surface area contributed by atoms with Gasteiger partial charge in [0.25, 0.3) is 0 Å². The molecule has 6 heteroatoms. The van der Waals surface area contributed by atoms with Gasteiger partial charge in [0.15, 0.2) is 0 Å². The first kappa shape index (κ1) is 14.8. The Bertz CT molecular complexity index is 286. The number of carboxylic acids is 1. The fraction of sp³-hybridized carbons (Fsp3) is 0.700. The van der Waals surface area contributed by atoms with E-state index in [2.05, 4.69) is 0 Å². The van der Waals surface area contributed by atoms with Crippen molar-refractivity contribution in [1.29, 1.82) is 5.26 Å². The zero-order valence-electron chi connectivity index (χ0n) is 9.47. The zero-order valence-corrected chi connectivity index (χ0v) is 10.3. The van der Waals surface area contributed by atoms with Crippen LogP contribution in [-0.4, -0.2) is 46.0 Å². The van der Waals surface area contributed by atoms with Crippen LogP contribution in [0.15, 0.2) is 0 Å². The lowest BCUT2D eigenvalue weighted by Gasteiger charge is -2.25. The molecule has 0 radical (unpaired) electrons. The van der Waals surface area contributed by atoms with Gasteiger partial charge in [-0.3, -0.25) is 9.59 Å². The Balaban J connectivity index is 4.14. The third-order valence-corrected chi connectivity index (χ3v) is 2.69. The molecule has 0 heterocycles. The van der Waals surface area contributed by atoms with Gasteiger partial charge in [0, 0.05) is 12.6 Å². The van der Waals surface area contributed by atoms with Gasteiger partial charge in [0.05, 0.1) is 24.0 Å². The average Bonchev–Trinajstić information content (AvgIpc) is 2.17. The smallest absolute Gasteiger partial charge is 0.305 e. The van der Waals surface area contributed by atoms with E-state index in [4.69, 9.17) is 10.4 Å². The molecule has 5 nitrogen and oxygen atoms in total. The van der Waals surface area contributed by atoms with Crippen LogP contribution in [0.2, 0.25) is 0 Å². The number of carboxylic acid groups (broad SMARTS) is 1. The molecule has 90 valence electrons. The van der Waals surface area contributed by atoms with E-state index in [0.717, 1.165) is 0 Å². The number of thioether (sulfide) groups is 1. The van der Waals surface area contributed by atoms with Crippen LogP contribution < -0.4 is 0 Å². The average molecular weight is 244 g/mol. The zero-order chi connectivity index (χ0) is 12.6. The van der Waals surface area contributed by atoms with Gasteiger partial charge in [-0.1, -0.05) is 0 Å². The lowest BCUT2D eigenvalue weighted by molar-refractivity contribution is -0.138. The van der Waals surface area contributed by atoms with Gasteiger partial charge >= 0.3 is 5.97 Å². The molecule has 0 bridgehead atoms. The molecule has 0 aliphatic rings. The summed E-state index contributed by atoms with van der Waals surface area (Å²) in [5.74, 6) is -0.526. The van der Waals surface area contributed by atoms with Crippen LogP contribution in [0, 0.1) is 11.3 Å². The summed E-state index contributed by atoms with van der Waals surface area (Å²) >= 11 is 1.24. The highest BCUT2D eigenvalue weighted by Gasteiger charge is 2.17. The van der Waals surface area contributed by atoms with Crippen molar-refractivity contribution in [2.75, 3.05) is 18.1 Å². The van der Waals surface area contributed by atoms with E-state index in [1.807, 2.05) is 19.9 Å². The second-order valence-corrected chi connectivity index (χ2v) is 4.46. The quantitative estimate of drug-likeness (QED) is 0.674. The molecule has 0 aromatic heterocycles. The second-order valence-electron chi connectivity index (χ2n) is 3.48. The number of amides is 1. The Hall–Kier alpha value is -1.22. The maximum atomic E-state index is 11.7. The van der Waals surface area contributed by atoms with E-state index in [-0.39, 0.29) is 36.4 Å². The lowest BCUT2D eigenvalue weighted by Crippen LogP contribution is -2.39. The fourth-order valence-electron chi connectivity index (χ4n) is 1.15. The summed E-state index contributed by atoms with van der Waals surface area (Å²) in [4.78, 5) is 23.6. The molecular formula is C10H16N2O3S. The number of hydrogen-bond acceptors (Lipinski definition) is 4. The number of carbonyl (C=O) groups is 2. The summed E-state index contributed by atoms with van der Waals surface area (Å²) in [7, 11) is 0. The number of hydrogen-bond donors (Lipinski definition) is 1. The Morgan fingerprint density at radius 3 is 2.56 bits per heavy atom. The van der Waals surface area contributed by atoms with Crippen LogP contribution in [0.4, 0.5) is 0 Å². The molecule has 1 amide bonds. The minimum Gasteiger partial charge on any atom is -0.481 e. The van der Waals surface area contributed by atoms with Crippen LogP contribution in [0.25, 0.3) is 0 Å². The molecule has 0 rings (SSSR count). The number of aliphatic carboxylic acids is 1. The van der Waals surface area contributed by atoms with Crippen molar-refractivity contribution >= 4 is 23.6 Å². The maximum Gasteiger partial charge on any atom is 0.305 e. The fourth-order valence-corrected chi connectivity index (χ4v) is 1.69. The van der Waals surface area contributed by atoms with Crippen molar-refractivity contribution in [2.24, 2.45) is 0 Å². The minimum atomic E-state index is -0.914. The molecule has 0 aromatic rings. The Morgan fingerprint density at radius 2 is 2.12 bits per heavy atom. The molecule has 0 spiro atoms. The van der Waals surface area contributed by atoms with Gasteiger partial charge in [0.2, 0.25) is 5.91 Å². The van der Waals surface area contributed by atoms with Crippen LogP contribution >= 0.6 is 11.8 Å². The van der Waals surface area contributed by atoms with E-state index >= 15 is 0 Å². The van der Waals surface area contributed by atoms with Crippen LogP contribution in [0.5, 0.6) is 0 Å². The minimum absolute atomic E-state index is 0.0189. The molecule has 0 atom stereocenters. The van der Waals surface area contributed by atoms with E-state index < -0.39 is 5.97 Å². The maximum absolute atomic E-state index is 11.7. The van der Waals surface area contributed by atoms with Crippen molar-refractivity contribution in [3.05, 3.63) is 0 Å². The van der Waals surface area contributed by atoms with Gasteiger partial charge < -0.3 is 10.0 Å². The highest BCUT2D eigenvalue weighted by molar-refractivity contribution is 8.00. The summed E-state index contributed by atoms with van der Waals surface area (Å²) in [6.07, 6.45) is -0.0488. The molecular weight excluding hydrogens is 228 g/mol. The van der Waals surface area contributed by atoms with E-state index in [1.54, 1.807) is 0 Å². The highest BCUT2D eigenvalue weighted by Crippen LogP contribution is 2.06. The van der Waals surface area contributed by atoms with Crippen molar-refractivity contribution in [1.82, 2.24) is 4.90 Å². The first-order chi connectivity index (χ1) is 7.49. The van der Waals surface area contributed by atoms with Crippen molar-refractivity contribution in [2.45, 2.75) is 26.3 Å². The van der Waals surface area contributed by atoms with Gasteiger partial charge in [-0.2, -0.15) is 5.26 Å². The Kier molecular flexibility index (Phi) is 7.38. The third kappa shape index (κ3) is 6.30. The Morgan fingerprint density at radius 1 is 1.50 bits per heavy atom. The van der Waals surface area contributed by atoms with E-state index in [9.17, 15) is 9.59 Å². The van der Waals surface area contributed by atoms with Gasteiger partial charge in [-0.15, -0.1) is 11.8 Å². The first-order valence-electron chi connectivity index (χ1n) is 4.95. The van der Waals surface area contributed by atoms with Crippen molar-refractivity contribution in [3.63, 3.8) is 0 Å². The van der Waals surface area contributed by atoms with Crippen LogP contribution in [0.3, 0.4) is 0 Å². The topological polar surface area (TPSA) is 81.4 Å². The molecule has 0 aliphatic carbocycles. The summed E-state index contributed by atoms with van der Waals surface area (Å²) < 4.78 is 0. The summed E-state index contributed by atoms with van der Waals surface area (Å²) in [6.45, 7) is 3.91. The number of carbonyl (C=O) groups excluding carboxylic acids is 1. The summed E-state index contributed by atoms with van der Waals surface area (Å²) in [5.41, 5.74) is 0. The molecule has 0 fully saturated rings. The molecule has 0 saturated carbocycles. The lowest BCUT2D eigenvalue weighted by atomic mass is 10.3. The molecule has 0 aromatic carbocycles. The predicted octanol–water partition coefficient (Wildman–Crippen LogP) is 0.955. The molecule has 0 unspecified atom stereocenters. The Labute approximate surface area is 99.4 Å². The van der Waals surface area contributed by atoms with Gasteiger partial charge in [-0.25, -0.2) is 0 Å². The number of nitriles is 1. The number of nitrogens with zero attached hydrogens (tertiary/aromatic N) is 2. The molecule has 0 aliphatic heterocycles. The first-order valence-corrected chi connectivity index (χ1v) is 6.10. The van der Waals surface area contributed by atoms with Crippen molar-refractivity contribution in [3.8, 4) is 6.07 Å². The summed E-state index contributed by atoms with van der Waals surface area (Å²) in [5, 5.41) is 16.9. The van der Waals surface area contributed by atoms with Gasteiger partial charge in [-0.05, 0) is 13.8 Å². The van der Waals surface area contributed by atoms with E-state index in [1.165, 1.54) is 16.7 Å². The number of rotatable bonds is 7. The normalized spacial score (nSPS) is 9.88. The summed E-state index contributed by atoms with van der Waals surface area (Å²) in [6, 6.07) is 1.92. The largest absolute Gasteiger partial charge is 0.481 e. The predicted molar refractivity (Wildman–Crippen MR) is 62.0 cm³/mol.